The second-order valence-corrected chi connectivity index (χ2v) is 8.12. The van der Waals surface area contributed by atoms with Crippen LogP contribution in [0.5, 0.6) is 5.75 Å². The van der Waals surface area contributed by atoms with E-state index in [4.69, 9.17) is 16.3 Å². The number of nitrogens with one attached hydrogen (secondary N) is 1. The van der Waals surface area contributed by atoms with Gasteiger partial charge in [0.2, 0.25) is 5.91 Å². The van der Waals surface area contributed by atoms with Gasteiger partial charge in [0.05, 0.1) is 29.9 Å². The van der Waals surface area contributed by atoms with Crippen molar-refractivity contribution in [2.24, 2.45) is 7.05 Å². The molecule has 1 N–H and O–H groups in total. The first-order chi connectivity index (χ1) is 13.4. The standard InChI is InChI=1S/C21H22ClN3O2S/c1-13-10-17(19(27-4)11-16(13)22)24-20(26)14(2)28-21-23-12-18(25(21)3)15-8-6-5-7-9-15/h5-12,14H,1-4H3,(H,24,26). The van der Waals surface area contributed by atoms with Gasteiger partial charge in [0, 0.05) is 18.1 Å². The SMILES string of the molecule is COc1cc(Cl)c(C)cc1NC(=O)C(C)Sc1ncc(-c2ccccc2)n1C. The molecular formula is C21H22ClN3O2S. The van der Waals surface area contributed by atoms with E-state index in [1.807, 2.05) is 68.1 Å². The minimum Gasteiger partial charge on any atom is -0.495 e. The van der Waals surface area contributed by atoms with E-state index >= 15 is 0 Å². The molecule has 5 nitrogen and oxygen atoms in total. The van der Waals surface area contributed by atoms with Gasteiger partial charge in [-0.3, -0.25) is 4.79 Å². The molecule has 3 aromatic rings. The van der Waals surface area contributed by atoms with E-state index in [1.54, 1.807) is 13.2 Å². The van der Waals surface area contributed by atoms with E-state index in [0.717, 1.165) is 22.0 Å². The molecule has 1 amide bonds. The summed E-state index contributed by atoms with van der Waals surface area (Å²) < 4.78 is 7.33. The minimum absolute atomic E-state index is 0.130. The van der Waals surface area contributed by atoms with E-state index in [2.05, 4.69) is 10.3 Å². The summed E-state index contributed by atoms with van der Waals surface area (Å²) in [6, 6.07) is 13.6. The molecule has 0 saturated heterocycles. The lowest BCUT2D eigenvalue weighted by molar-refractivity contribution is -0.115. The summed E-state index contributed by atoms with van der Waals surface area (Å²) in [5.74, 6) is 0.402. The van der Waals surface area contributed by atoms with Gasteiger partial charge < -0.3 is 14.6 Å². The number of nitrogens with zero attached hydrogens (tertiary/aromatic N) is 2. The first kappa shape index (κ1) is 20.3. The van der Waals surface area contributed by atoms with Crippen molar-refractivity contribution < 1.29 is 9.53 Å². The summed E-state index contributed by atoms with van der Waals surface area (Å²) >= 11 is 7.54. The number of benzene rings is 2. The van der Waals surface area contributed by atoms with E-state index in [0.29, 0.717) is 16.5 Å². The van der Waals surface area contributed by atoms with Crippen LogP contribution in [0.4, 0.5) is 5.69 Å². The van der Waals surface area contributed by atoms with Gasteiger partial charge >= 0.3 is 0 Å². The fourth-order valence-electron chi connectivity index (χ4n) is 2.76. The van der Waals surface area contributed by atoms with Crippen molar-refractivity contribution in [2.75, 3.05) is 12.4 Å². The predicted octanol–water partition coefficient (Wildman–Crippen LogP) is 5.18. The summed E-state index contributed by atoms with van der Waals surface area (Å²) in [5.41, 5.74) is 3.56. The van der Waals surface area contributed by atoms with Crippen molar-refractivity contribution in [3.63, 3.8) is 0 Å². The van der Waals surface area contributed by atoms with Crippen LogP contribution >= 0.6 is 23.4 Å². The lowest BCUT2D eigenvalue weighted by Crippen LogP contribution is -2.23. The highest BCUT2D eigenvalue weighted by Crippen LogP contribution is 2.32. The molecule has 0 aliphatic carbocycles. The maximum absolute atomic E-state index is 12.7. The number of aryl methyl sites for hydroxylation is 1. The number of imidazole rings is 1. The maximum Gasteiger partial charge on any atom is 0.237 e. The number of thioether (sulfide) groups is 1. The van der Waals surface area contributed by atoms with Crippen LogP contribution < -0.4 is 10.1 Å². The molecule has 7 heteroatoms. The van der Waals surface area contributed by atoms with Crippen molar-refractivity contribution >= 4 is 35.0 Å². The molecule has 146 valence electrons. The van der Waals surface area contributed by atoms with E-state index in [-0.39, 0.29) is 11.2 Å². The van der Waals surface area contributed by atoms with E-state index in [9.17, 15) is 4.79 Å². The van der Waals surface area contributed by atoms with Gasteiger partial charge in [0.25, 0.3) is 0 Å². The first-order valence-electron chi connectivity index (χ1n) is 8.79. The smallest absolute Gasteiger partial charge is 0.237 e. The highest BCUT2D eigenvalue weighted by molar-refractivity contribution is 8.00. The Morgan fingerprint density at radius 1 is 1.29 bits per heavy atom. The van der Waals surface area contributed by atoms with Gasteiger partial charge in [-0.15, -0.1) is 0 Å². The summed E-state index contributed by atoms with van der Waals surface area (Å²) in [6.45, 7) is 3.74. The average Bonchev–Trinajstić information content (AvgIpc) is 3.05. The number of anilines is 1. The van der Waals surface area contributed by atoms with Gasteiger partial charge in [-0.2, -0.15) is 0 Å². The summed E-state index contributed by atoms with van der Waals surface area (Å²) in [6.07, 6.45) is 1.83. The topological polar surface area (TPSA) is 56.1 Å². The lowest BCUT2D eigenvalue weighted by Gasteiger charge is -2.15. The number of halogens is 1. The van der Waals surface area contributed by atoms with Crippen molar-refractivity contribution in [1.29, 1.82) is 0 Å². The van der Waals surface area contributed by atoms with Crippen molar-refractivity contribution in [3.8, 4) is 17.0 Å². The lowest BCUT2D eigenvalue weighted by atomic mass is 10.2. The molecule has 0 radical (unpaired) electrons. The molecule has 28 heavy (non-hydrogen) atoms. The van der Waals surface area contributed by atoms with Crippen molar-refractivity contribution in [1.82, 2.24) is 9.55 Å². The summed E-state index contributed by atoms with van der Waals surface area (Å²) in [7, 11) is 3.50. The number of methoxy groups -OCH3 is 1. The van der Waals surface area contributed by atoms with Gasteiger partial charge in [-0.25, -0.2) is 4.98 Å². The molecule has 0 saturated carbocycles. The van der Waals surface area contributed by atoms with E-state index < -0.39 is 0 Å². The molecule has 1 heterocycles. The third kappa shape index (κ3) is 4.34. The highest BCUT2D eigenvalue weighted by atomic mass is 35.5. The number of ether oxygens (including phenoxy) is 1. The van der Waals surface area contributed by atoms with Crippen LogP contribution in [0.25, 0.3) is 11.3 Å². The molecule has 0 aliphatic heterocycles. The van der Waals surface area contributed by atoms with Crippen LogP contribution in [0.15, 0.2) is 53.8 Å². The van der Waals surface area contributed by atoms with Crippen LogP contribution in [-0.4, -0.2) is 27.8 Å². The maximum atomic E-state index is 12.7. The van der Waals surface area contributed by atoms with Gasteiger partial charge in [-0.1, -0.05) is 53.7 Å². The molecule has 0 fully saturated rings. The largest absolute Gasteiger partial charge is 0.495 e. The van der Waals surface area contributed by atoms with Crippen LogP contribution in [0, 0.1) is 6.92 Å². The number of aromatic nitrogens is 2. The normalized spacial score (nSPS) is 11.9. The number of hydrogen-bond acceptors (Lipinski definition) is 4. The Kier molecular flexibility index (Phi) is 6.31. The Bertz CT molecular complexity index is 989. The molecule has 0 bridgehead atoms. The summed E-state index contributed by atoms with van der Waals surface area (Å²) in [5, 5.41) is 3.96. The summed E-state index contributed by atoms with van der Waals surface area (Å²) in [4.78, 5) is 17.2. The zero-order valence-electron chi connectivity index (χ0n) is 16.2. The number of carbonyl (C=O) groups excluding carboxylic acids is 1. The average molecular weight is 416 g/mol. The molecule has 1 unspecified atom stereocenters. The minimum atomic E-state index is -0.342. The third-order valence-electron chi connectivity index (χ3n) is 4.41. The molecular weight excluding hydrogens is 394 g/mol. The van der Waals surface area contributed by atoms with Crippen LogP contribution in [0.3, 0.4) is 0 Å². The Morgan fingerprint density at radius 3 is 2.68 bits per heavy atom. The third-order valence-corrected chi connectivity index (χ3v) is 5.97. The first-order valence-corrected chi connectivity index (χ1v) is 10.0. The Labute approximate surface area is 174 Å². The second-order valence-electron chi connectivity index (χ2n) is 6.40. The van der Waals surface area contributed by atoms with Gasteiger partial charge in [-0.05, 0) is 31.0 Å². The molecule has 1 aromatic heterocycles. The van der Waals surface area contributed by atoms with Gasteiger partial charge in [0.1, 0.15) is 5.75 Å². The Hall–Kier alpha value is -2.44. The molecule has 3 rings (SSSR count). The second kappa shape index (κ2) is 8.71. The fraction of sp³-hybridized carbons (Fsp3) is 0.238. The number of hydrogen-bond donors (Lipinski definition) is 1. The highest BCUT2D eigenvalue weighted by Gasteiger charge is 2.20. The zero-order chi connectivity index (χ0) is 20.3. The van der Waals surface area contributed by atoms with Crippen LogP contribution in [0.1, 0.15) is 12.5 Å². The zero-order valence-corrected chi connectivity index (χ0v) is 17.8. The predicted molar refractivity (Wildman–Crippen MR) is 115 cm³/mol. The number of amides is 1. The molecule has 2 aromatic carbocycles. The van der Waals surface area contributed by atoms with Crippen molar-refractivity contribution in [2.45, 2.75) is 24.3 Å². The van der Waals surface area contributed by atoms with Crippen molar-refractivity contribution in [3.05, 3.63) is 59.2 Å². The van der Waals surface area contributed by atoms with Crippen LogP contribution in [0.2, 0.25) is 5.02 Å². The van der Waals surface area contributed by atoms with Gasteiger partial charge in [0.15, 0.2) is 5.16 Å². The Balaban J connectivity index is 1.74. The van der Waals surface area contributed by atoms with Crippen LogP contribution in [-0.2, 0) is 11.8 Å². The monoisotopic (exact) mass is 415 g/mol. The molecule has 0 spiro atoms. The molecule has 0 aliphatic rings. The number of carbonyl (C=O) groups is 1. The quantitative estimate of drug-likeness (QED) is 0.564. The molecule has 1 atom stereocenters. The Morgan fingerprint density at radius 2 is 2.00 bits per heavy atom. The fourth-order valence-corrected chi connectivity index (χ4v) is 3.76. The number of rotatable bonds is 6. The van der Waals surface area contributed by atoms with E-state index in [1.165, 1.54) is 11.8 Å².